The molecule has 0 radical (unpaired) electrons. The largest absolute Gasteiger partial charge is 0.482 e. The first kappa shape index (κ1) is 22.6. The second-order valence-electron chi connectivity index (χ2n) is 7.76. The summed E-state index contributed by atoms with van der Waals surface area (Å²) in [6, 6.07) is 18.4. The Morgan fingerprint density at radius 3 is 2.32 bits per heavy atom. The normalized spacial score (nSPS) is 12.3. The van der Waals surface area contributed by atoms with E-state index < -0.39 is 29.5 Å². The van der Waals surface area contributed by atoms with Gasteiger partial charge in [0.2, 0.25) is 0 Å². The van der Waals surface area contributed by atoms with Crippen LogP contribution in [-0.2, 0) is 17.6 Å². The Morgan fingerprint density at radius 2 is 1.68 bits per heavy atom. The molecule has 0 fully saturated rings. The summed E-state index contributed by atoms with van der Waals surface area (Å²) >= 11 is 2.85. The molecule has 1 aliphatic rings. The van der Waals surface area contributed by atoms with E-state index in [4.69, 9.17) is 14.8 Å². The van der Waals surface area contributed by atoms with Crippen molar-refractivity contribution >= 4 is 29.1 Å². The van der Waals surface area contributed by atoms with Crippen LogP contribution in [0.1, 0.15) is 26.8 Å². The fourth-order valence-electron chi connectivity index (χ4n) is 4.09. The molecule has 0 saturated heterocycles. The van der Waals surface area contributed by atoms with E-state index in [1.165, 1.54) is 35.2 Å². The van der Waals surface area contributed by atoms with E-state index in [0.29, 0.717) is 27.6 Å². The number of rotatable bonds is 7. The molecule has 1 N–H and O–H groups in total. The van der Waals surface area contributed by atoms with Gasteiger partial charge in [-0.05, 0) is 31.0 Å². The van der Waals surface area contributed by atoms with Crippen LogP contribution in [0.5, 0.6) is 5.75 Å². The number of carboxylic acid groups (broad SMARTS) is 1. The highest BCUT2D eigenvalue weighted by molar-refractivity contribution is 8.01. The van der Waals surface area contributed by atoms with E-state index in [1.807, 2.05) is 12.1 Å². The molecule has 0 saturated carbocycles. The van der Waals surface area contributed by atoms with Gasteiger partial charge in [0.05, 0.1) is 10.9 Å². The third kappa shape index (κ3) is 4.43. The van der Waals surface area contributed by atoms with Crippen LogP contribution in [0, 0.1) is 11.6 Å². The van der Waals surface area contributed by atoms with Gasteiger partial charge in [-0.1, -0.05) is 60.3 Å². The Morgan fingerprint density at radius 1 is 1.00 bits per heavy atom. The van der Waals surface area contributed by atoms with Gasteiger partial charge < -0.3 is 9.84 Å². The molecule has 0 atom stereocenters. The van der Waals surface area contributed by atoms with Gasteiger partial charge in [0.1, 0.15) is 17.4 Å². The van der Waals surface area contributed by atoms with Crippen molar-refractivity contribution in [3.63, 3.8) is 0 Å². The molecule has 4 aromatic rings. The minimum atomic E-state index is -1.03. The summed E-state index contributed by atoms with van der Waals surface area (Å²) in [5.74, 6) is -1.28. The van der Waals surface area contributed by atoms with E-state index in [0.717, 1.165) is 28.1 Å². The molecule has 1 aromatic heterocycles. The zero-order valence-electron chi connectivity index (χ0n) is 17.8. The number of thiazole rings is 1. The Labute approximate surface area is 203 Å². The standard InChI is InChI=1S/C26H19F2NO3S2/c27-19-9-3-1-6-17(19)25(18-7-2-4-10-20(18)28)34-26-29-24-16-8-5-11-21(32-14-23(30)31)15(16)12-13-22(24)33-26/h1-11,25H,12-14H2,(H,30,31). The lowest BCUT2D eigenvalue weighted by molar-refractivity contribution is -0.139. The molecule has 34 heavy (non-hydrogen) atoms. The molecule has 4 nitrogen and oxygen atoms in total. The molecule has 1 aliphatic carbocycles. The summed E-state index contributed by atoms with van der Waals surface area (Å²) in [7, 11) is 0. The number of aryl methyl sites for hydroxylation is 1. The number of benzene rings is 3. The number of aromatic nitrogens is 1. The molecule has 3 aromatic carbocycles. The minimum Gasteiger partial charge on any atom is -0.482 e. The average molecular weight is 496 g/mol. The van der Waals surface area contributed by atoms with Crippen molar-refractivity contribution < 1.29 is 23.4 Å². The van der Waals surface area contributed by atoms with Crippen molar-refractivity contribution in [2.75, 3.05) is 6.61 Å². The molecule has 8 heteroatoms. The third-order valence-corrected chi connectivity index (χ3v) is 8.10. The Bertz CT molecular complexity index is 1330. The number of hydrogen-bond donors (Lipinski definition) is 1. The SMILES string of the molecule is O=C(O)COc1cccc2c1CCc1sc(SC(c3ccccc3F)c3ccccc3F)nc1-2. The van der Waals surface area contributed by atoms with Crippen LogP contribution < -0.4 is 4.74 Å². The highest BCUT2D eigenvalue weighted by Gasteiger charge is 2.27. The monoisotopic (exact) mass is 495 g/mol. The number of halogens is 2. The van der Waals surface area contributed by atoms with Crippen LogP contribution in [0.25, 0.3) is 11.3 Å². The first-order valence-electron chi connectivity index (χ1n) is 10.6. The van der Waals surface area contributed by atoms with Gasteiger partial charge in [0.25, 0.3) is 0 Å². The van der Waals surface area contributed by atoms with Gasteiger partial charge in [0.15, 0.2) is 10.9 Å². The van der Waals surface area contributed by atoms with Crippen LogP contribution in [0.3, 0.4) is 0 Å². The quantitative estimate of drug-likeness (QED) is 0.295. The van der Waals surface area contributed by atoms with Crippen LogP contribution >= 0.6 is 23.1 Å². The van der Waals surface area contributed by atoms with Gasteiger partial charge in [-0.15, -0.1) is 11.3 Å². The van der Waals surface area contributed by atoms with Crippen molar-refractivity contribution in [3.05, 3.63) is 99.9 Å². The molecular weight excluding hydrogens is 476 g/mol. The lowest BCUT2D eigenvalue weighted by Gasteiger charge is -2.18. The van der Waals surface area contributed by atoms with Crippen molar-refractivity contribution in [3.8, 4) is 17.0 Å². The molecule has 0 spiro atoms. The first-order valence-corrected chi connectivity index (χ1v) is 12.3. The van der Waals surface area contributed by atoms with E-state index in [9.17, 15) is 13.6 Å². The zero-order valence-corrected chi connectivity index (χ0v) is 19.5. The van der Waals surface area contributed by atoms with Gasteiger partial charge in [0, 0.05) is 27.1 Å². The predicted molar refractivity (Wildman–Crippen MR) is 129 cm³/mol. The zero-order chi connectivity index (χ0) is 23.7. The number of hydrogen-bond acceptors (Lipinski definition) is 5. The van der Waals surface area contributed by atoms with Crippen molar-refractivity contribution in [1.82, 2.24) is 4.98 Å². The van der Waals surface area contributed by atoms with E-state index >= 15 is 0 Å². The summed E-state index contributed by atoms with van der Waals surface area (Å²) in [5.41, 5.74) is 3.44. The highest BCUT2D eigenvalue weighted by atomic mass is 32.2. The molecular formula is C26H19F2NO3S2. The van der Waals surface area contributed by atoms with Gasteiger partial charge >= 0.3 is 5.97 Å². The number of nitrogens with zero attached hydrogens (tertiary/aromatic N) is 1. The topological polar surface area (TPSA) is 59.4 Å². The summed E-state index contributed by atoms with van der Waals surface area (Å²) in [5, 5.41) is 8.36. The summed E-state index contributed by atoms with van der Waals surface area (Å²) in [6.45, 7) is -0.408. The third-order valence-electron chi connectivity index (χ3n) is 5.61. The number of carbonyl (C=O) groups is 1. The van der Waals surface area contributed by atoms with Crippen LogP contribution in [-0.4, -0.2) is 22.7 Å². The fourth-order valence-corrected chi connectivity index (χ4v) is 6.66. The maximum atomic E-state index is 14.7. The molecule has 0 amide bonds. The van der Waals surface area contributed by atoms with Crippen LogP contribution in [0.4, 0.5) is 8.78 Å². The second kappa shape index (κ2) is 9.56. The number of ether oxygens (including phenoxy) is 1. The smallest absolute Gasteiger partial charge is 0.341 e. The fraction of sp³-hybridized carbons (Fsp3) is 0.154. The summed E-state index contributed by atoms with van der Waals surface area (Å²) in [6.07, 6.45) is 1.44. The van der Waals surface area contributed by atoms with Crippen molar-refractivity contribution in [2.45, 2.75) is 22.4 Å². The number of carboxylic acids is 1. The summed E-state index contributed by atoms with van der Waals surface area (Å²) in [4.78, 5) is 16.9. The van der Waals surface area contributed by atoms with Gasteiger partial charge in [-0.2, -0.15) is 0 Å². The lowest BCUT2D eigenvalue weighted by atomic mass is 9.93. The Kier molecular flexibility index (Phi) is 6.34. The first-order chi connectivity index (χ1) is 16.5. The molecule has 0 aliphatic heterocycles. The van der Waals surface area contributed by atoms with E-state index in [2.05, 4.69) is 0 Å². The Balaban J connectivity index is 1.52. The van der Waals surface area contributed by atoms with Crippen molar-refractivity contribution in [1.29, 1.82) is 0 Å². The van der Waals surface area contributed by atoms with Crippen LogP contribution in [0.2, 0.25) is 0 Å². The molecule has 5 rings (SSSR count). The van der Waals surface area contributed by atoms with Crippen LogP contribution in [0.15, 0.2) is 71.1 Å². The molecule has 1 heterocycles. The molecule has 0 bridgehead atoms. The predicted octanol–water partition coefficient (Wildman–Crippen LogP) is 6.53. The average Bonchev–Trinajstić information content (AvgIpc) is 3.25. The van der Waals surface area contributed by atoms with Gasteiger partial charge in [-0.3, -0.25) is 0 Å². The van der Waals surface area contributed by atoms with Gasteiger partial charge in [-0.25, -0.2) is 18.6 Å². The minimum absolute atomic E-state index is 0.393. The lowest BCUT2D eigenvalue weighted by Crippen LogP contribution is -2.12. The second-order valence-corrected chi connectivity index (χ2v) is 10.2. The number of aliphatic carboxylic acids is 1. The van der Waals surface area contributed by atoms with Crippen molar-refractivity contribution in [2.24, 2.45) is 0 Å². The maximum Gasteiger partial charge on any atom is 0.341 e. The Hall–Kier alpha value is -3.23. The van der Waals surface area contributed by atoms with E-state index in [-0.39, 0.29) is 0 Å². The maximum absolute atomic E-state index is 14.7. The highest BCUT2D eigenvalue weighted by Crippen LogP contribution is 2.47. The molecule has 0 unspecified atom stereocenters. The summed E-state index contributed by atoms with van der Waals surface area (Å²) < 4.78 is 35.7. The van der Waals surface area contributed by atoms with E-state index in [1.54, 1.807) is 42.5 Å². The molecule has 172 valence electrons. The number of thioether (sulfide) groups is 1. The number of fused-ring (bicyclic) bond motifs is 3.